The normalized spacial score (nSPS) is 14.4. The molecule has 0 fully saturated rings. The van der Waals surface area contributed by atoms with E-state index in [0.717, 1.165) is 41.9 Å². The summed E-state index contributed by atoms with van der Waals surface area (Å²) in [6, 6.07) is 9.99. The topological polar surface area (TPSA) is 40.7 Å². The summed E-state index contributed by atoms with van der Waals surface area (Å²) in [6.45, 7) is 1.92. The van der Waals surface area contributed by atoms with Gasteiger partial charge in [-0.15, -0.1) is 0 Å². The summed E-state index contributed by atoms with van der Waals surface area (Å²) in [5.41, 5.74) is 5.62. The molecule has 21 heavy (non-hydrogen) atoms. The smallest absolute Gasteiger partial charge is 0.138 e. The predicted octanol–water partition coefficient (Wildman–Crippen LogP) is 4.18. The quantitative estimate of drug-likeness (QED) is 0.706. The highest BCUT2D eigenvalue weighted by molar-refractivity contribution is 6.42. The van der Waals surface area contributed by atoms with Gasteiger partial charge in [-0.3, -0.25) is 0 Å². The van der Waals surface area contributed by atoms with Gasteiger partial charge in [-0.05, 0) is 36.2 Å². The molecular weight excluding hydrogens is 305 g/mol. The number of benzene rings is 2. The maximum absolute atomic E-state index is 6.07. The molecule has 0 unspecified atom stereocenters. The Morgan fingerprint density at radius 2 is 1.95 bits per heavy atom. The highest BCUT2D eigenvalue weighted by Gasteiger charge is 2.16. The van der Waals surface area contributed by atoms with Crippen LogP contribution in [0.4, 0.5) is 0 Å². The maximum Gasteiger partial charge on any atom is 0.138 e. The lowest BCUT2D eigenvalue weighted by atomic mass is 9.95. The summed E-state index contributed by atoms with van der Waals surface area (Å²) in [6.07, 6.45) is 1.02. The number of H-pyrrole nitrogens is 1. The van der Waals surface area contributed by atoms with Crippen molar-refractivity contribution in [3.05, 3.63) is 51.5 Å². The third-order valence-corrected chi connectivity index (χ3v) is 4.64. The van der Waals surface area contributed by atoms with Crippen LogP contribution in [0, 0.1) is 0 Å². The van der Waals surface area contributed by atoms with Crippen LogP contribution in [-0.4, -0.2) is 16.5 Å². The van der Waals surface area contributed by atoms with Crippen LogP contribution in [0.15, 0.2) is 30.3 Å². The van der Waals surface area contributed by atoms with E-state index in [9.17, 15) is 0 Å². The molecular formula is C16H13Cl2N3. The minimum absolute atomic E-state index is 0.529. The second-order valence-corrected chi connectivity index (χ2v) is 6.05. The predicted molar refractivity (Wildman–Crippen MR) is 87.0 cm³/mol. The number of fused-ring (bicyclic) bond motifs is 2. The van der Waals surface area contributed by atoms with Crippen molar-refractivity contribution >= 4 is 34.2 Å². The molecule has 0 saturated carbocycles. The number of rotatable bonds is 1. The molecule has 3 nitrogen and oxygen atoms in total. The molecule has 106 valence electrons. The Morgan fingerprint density at radius 1 is 1.10 bits per heavy atom. The zero-order valence-corrected chi connectivity index (χ0v) is 12.7. The second kappa shape index (κ2) is 5.02. The number of aromatic nitrogens is 2. The van der Waals surface area contributed by atoms with E-state index < -0.39 is 0 Å². The van der Waals surface area contributed by atoms with E-state index in [2.05, 4.69) is 33.5 Å². The summed E-state index contributed by atoms with van der Waals surface area (Å²) < 4.78 is 0. The largest absolute Gasteiger partial charge is 0.338 e. The molecule has 0 saturated heterocycles. The van der Waals surface area contributed by atoms with Crippen LogP contribution >= 0.6 is 23.2 Å². The SMILES string of the molecule is Clc1cc2nc(-c3cccc4c3CCNC4)[nH]c2cc1Cl. The zero-order valence-electron chi connectivity index (χ0n) is 11.2. The van der Waals surface area contributed by atoms with Crippen LogP contribution in [0.1, 0.15) is 11.1 Å². The van der Waals surface area contributed by atoms with Crippen molar-refractivity contribution in [2.24, 2.45) is 0 Å². The fraction of sp³-hybridized carbons (Fsp3) is 0.188. The Morgan fingerprint density at radius 3 is 2.86 bits per heavy atom. The highest BCUT2D eigenvalue weighted by Crippen LogP contribution is 2.31. The van der Waals surface area contributed by atoms with Crippen molar-refractivity contribution in [2.45, 2.75) is 13.0 Å². The van der Waals surface area contributed by atoms with Crippen LogP contribution in [0.25, 0.3) is 22.4 Å². The van der Waals surface area contributed by atoms with Gasteiger partial charge in [0.25, 0.3) is 0 Å². The monoisotopic (exact) mass is 317 g/mol. The van der Waals surface area contributed by atoms with Crippen LogP contribution in [-0.2, 0) is 13.0 Å². The molecule has 2 heterocycles. The van der Waals surface area contributed by atoms with Gasteiger partial charge in [0.2, 0.25) is 0 Å². The molecule has 0 radical (unpaired) electrons. The van der Waals surface area contributed by atoms with Crippen molar-refractivity contribution in [1.29, 1.82) is 0 Å². The minimum Gasteiger partial charge on any atom is -0.338 e. The molecule has 5 heteroatoms. The Hall–Kier alpha value is -1.55. The van der Waals surface area contributed by atoms with Gasteiger partial charge < -0.3 is 10.3 Å². The molecule has 0 aliphatic carbocycles. The summed E-state index contributed by atoms with van der Waals surface area (Å²) in [4.78, 5) is 8.03. The van der Waals surface area contributed by atoms with E-state index in [1.54, 1.807) is 6.07 Å². The molecule has 2 N–H and O–H groups in total. The zero-order chi connectivity index (χ0) is 14.4. The molecule has 1 aliphatic heterocycles. The Kier molecular flexibility index (Phi) is 3.14. The molecule has 1 aromatic heterocycles. The van der Waals surface area contributed by atoms with Crippen molar-refractivity contribution < 1.29 is 0 Å². The number of aromatic amines is 1. The van der Waals surface area contributed by atoms with Gasteiger partial charge in [0.1, 0.15) is 5.82 Å². The van der Waals surface area contributed by atoms with E-state index in [1.807, 2.05) is 6.07 Å². The van der Waals surface area contributed by atoms with Gasteiger partial charge in [0.15, 0.2) is 0 Å². The molecule has 3 aromatic rings. The van der Waals surface area contributed by atoms with Gasteiger partial charge in [0.05, 0.1) is 21.1 Å². The number of nitrogens with zero attached hydrogens (tertiary/aromatic N) is 1. The lowest BCUT2D eigenvalue weighted by molar-refractivity contribution is 0.644. The third kappa shape index (κ3) is 2.22. The van der Waals surface area contributed by atoms with Gasteiger partial charge in [-0.2, -0.15) is 0 Å². The Bertz CT molecular complexity index is 800. The molecule has 1 aliphatic rings. The molecule has 0 spiro atoms. The summed E-state index contributed by atoms with van der Waals surface area (Å²) in [5, 5.41) is 4.47. The number of imidazole rings is 1. The van der Waals surface area contributed by atoms with E-state index >= 15 is 0 Å². The average Bonchev–Trinajstić information content (AvgIpc) is 2.90. The van der Waals surface area contributed by atoms with Gasteiger partial charge in [0, 0.05) is 12.1 Å². The first-order valence-electron chi connectivity index (χ1n) is 6.89. The lowest BCUT2D eigenvalue weighted by Gasteiger charge is -2.19. The highest BCUT2D eigenvalue weighted by atomic mass is 35.5. The van der Waals surface area contributed by atoms with Gasteiger partial charge in [-0.1, -0.05) is 41.4 Å². The van der Waals surface area contributed by atoms with E-state index in [-0.39, 0.29) is 0 Å². The summed E-state index contributed by atoms with van der Waals surface area (Å²) >= 11 is 12.1. The van der Waals surface area contributed by atoms with E-state index in [0.29, 0.717) is 10.0 Å². The van der Waals surface area contributed by atoms with Crippen LogP contribution < -0.4 is 5.32 Å². The van der Waals surface area contributed by atoms with Crippen molar-refractivity contribution in [1.82, 2.24) is 15.3 Å². The van der Waals surface area contributed by atoms with Crippen molar-refractivity contribution in [2.75, 3.05) is 6.54 Å². The second-order valence-electron chi connectivity index (χ2n) is 5.24. The van der Waals surface area contributed by atoms with Crippen molar-refractivity contribution in [3.8, 4) is 11.4 Å². The fourth-order valence-electron chi connectivity index (χ4n) is 2.89. The number of halogens is 2. The summed E-state index contributed by atoms with van der Waals surface area (Å²) in [7, 11) is 0. The third-order valence-electron chi connectivity index (χ3n) is 3.92. The first kappa shape index (κ1) is 13.1. The molecule has 2 aromatic carbocycles. The standard InChI is InChI=1S/C16H13Cl2N3/c17-12-6-14-15(7-13(12)18)21-16(20-14)11-3-1-2-9-8-19-5-4-10(9)11/h1-3,6-7,19H,4-5,8H2,(H,20,21). The number of hydrogen-bond acceptors (Lipinski definition) is 2. The summed E-state index contributed by atoms with van der Waals surface area (Å²) in [5.74, 6) is 0.877. The van der Waals surface area contributed by atoms with Crippen molar-refractivity contribution in [3.63, 3.8) is 0 Å². The minimum atomic E-state index is 0.529. The van der Waals surface area contributed by atoms with E-state index in [1.165, 1.54) is 11.1 Å². The molecule has 4 rings (SSSR count). The Labute approximate surface area is 132 Å². The van der Waals surface area contributed by atoms with Crippen LogP contribution in [0.5, 0.6) is 0 Å². The first-order chi connectivity index (χ1) is 10.2. The van der Waals surface area contributed by atoms with E-state index in [4.69, 9.17) is 23.2 Å². The molecule has 0 atom stereocenters. The van der Waals surface area contributed by atoms with Gasteiger partial charge in [-0.25, -0.2) is 4.98 Å². The maximum atomic E-state index is 6.07. The number of hydrogen-bond donors (Lipinski definition) is 2. The fourth-order valence-corrected chi connectivity index (χ4v) is 3.21. The molecule has 0 bridgehead atoms. The molecule has 0 amide bonds. The average molecular weight is 318 g/mol. The lowest BCUT2D eigenvalue weighted by Crippen LogP contribution is -2.24. The Balaban J connectivity index is 1.91. The number of nitrogens with one attached hydrogen (secondary N) is 2. The van der Waals surface area contributed by atoms with Crippen LogP contribution in [0.2, 0.25) is 10.0 Å². The first-order valence-corrected chi connectivity index (χ1v) is 7.64. The van der Waals surface area contributed by atoms with Gasteiger partial charge >= 0.3 is 0 Å². The van der Waals surface area contributed by atoms with Crippen LogP contribution in [0.3, 0.4) is 0 Å².